The number of rotatable bonds is 0. The minimum absolute atomic E-state index is 1.24. The first kappa shape index (κ1) is 11.7. The van der Waals surface area contributed by atoms with Gasteiger partial charge in [-0.3, -0.25) is 0 Å². The Kier molecular flexibility index (Phi) is 2.00. The van der Waals surface area contributed by atoms with Gasteiger partial charge in [0.15, 0.2) is 0 Å². The fraction of sp³-hybridized carbons (Fsp3) is 1.00. The van der Waals surface area contributed by atoms with E-state index in [-0.39, 0.29) is 0 Å². The highest BCUT2D eigenvalue weighted by Crippen LogP contribution is 2.45. The quantitative estimate of drug-likeness (QED) is 0.176. The molecule has 0 aromatic heterocycles. The van der Waals surface area contributed by atoms with Crippen LogP contribution in [0.4, 0.5) is 0 Å². The van der Waals surface area contributed by atoms with Gasteiger partial charge in [-0.25, -0.2) is 0 Å². The smallest absolute Gasteiger partial charge is 0.314 e. The largest absolute Gasteiger partial charge is 0.356 e. The van der Waals surface area contributed by atoms with Crippen molar-refractivity contribution in [3.8, 4) is 0 Å². The number of nitrogens with zero attached hydrogens (tertiary/aromatic N) is 1. The molecule has 0 aromatic carbocycles. The van der Waals surface area contributed by atoms with Crippen molar-refractivity contribution < 1.29 is 46.1 Å². The van der Waals surface area contributed by atoms with Crippen molar-refractivity contribution in [1.29, 1.82) is 0 Å². The zero-order chi connectivity index (χ0) is 11.6. The molecule has 0 spiro atoms. The van der Waals surface area contributed by atoms with Gasteiger partial charge in [-0.05, 0) is 0 Å². The summed E-state index contributed by atoms with van der Waals surface area (Å²) in [6, 6.07) is 0. The molecule has 0 aromatic rings. The molecule has 1 aliphatic heterocycles. The van der Waals surface area contributed by atoms with Crippen LogP contribution in [0.1, 0.15) is 0 Å². The van der Waals surface area contributed by atoms with Gasteiger partial charge in [0.25, 0.3) is 11.6 Å². The Labute approximate surface area is 75.7 Å². The van der Waals surface area contributed by atoms with E-state index in [4.69, 9.17) is 46.1 Å². The molecule has 1 rings (SSSR count). The molecule has 1 aliphatic rings. The lowest BCUT2D eigenvalue weighted by Crippen LogP contribution is -2.66. The summed E-state index contributed by atoms with van der Waals surface area (Å²) in [7, 11) is 0. The first-order valence-corrected chi connectivity index (χ1v) is 3.19. The molecule has 10 heteroatoms. The van der Waals surface area contributed by atoms with Crippen LogP contribution in [0.3, 0.4) is 0 Å². The van der Waals surface area contributed by atoms with Crippen molar-refractivity contribution in [2.24, 2.45) is 0 Å². The van der Waals surface area contributed by atoms with Crippen molar-refractivity contribution in [2.75, 3.05) is 0 Å². The van der Waals surface area contributed by atoms with Gasteiger partial charge in [0, 0.05) is 0 Å². The monoisotopic (exact) mass is 215 g/mol. The molecular formula is C4H9NO9. The molecule has 0 atom stereocenters. The van der Waals surface area contributed by atoms with E-state index in [2.05, 4.69) is 0 Å². The van der Waals surface area contributed by atoms with Gasteiger partial charge in [-0.15, -0.1) is 0 Å². The zero-order valence-corrected chi connectivity index (χ0v) is 6.47. The van der Waals surface area contributed by atoms with Crippen LogP contribution in [-0.2, 0) is 0 Å². The Hall–Kier alpha value is -0.400. The van der Waals surface area contributed by atoms with Crippen LogP contribution in [0.15, 0.2) is 0 Å². The van der Waals surface area contributed by atoms with Crippen LogP contribution >= 0.6 is 0 Å². The molecule has 14 heavy (non-hydrogen) atoms. The van der Waals surface area contributed by atoms with Gasteiger partial charge in [0.05, 0.1) is 0 Å². The molecule has 1 heterocycles. The Balaban J connectivity index is 3.38. The van der Waals surface area contributed by atoms with E-state index in [9.17, 15) is 0 Å². The predicted molar refractivity (Wildman–Crippen MR) is 32.3 cm³/mol. The highest BCUT2D eigenvalue weighted by molar-refractivity contribution is 5.06. The van der Waals surface area contributed by atoms with E-state index in [1.807, 2.05) is 0 Å². The van der Waals surface area contributed by atoms with Crippen LogP contribution in [0, 0.1) is 0 Å². The maximum absolute atomic E-state index is 8.79. The first-order chi connectivity index (χ1) is 5.90. The standard InChI is InChI=1S/C4H9NO9/c6-1(7)2(8,9)4(12,13)5(14)3(1,10)11/h6-14H. The maximum atomic E-state index is 8.79. The van der Waals surface area contributed by atoms with E-state index < -0.39 is 28.5 Å². The van der Waals surface area contributed by atoms with Crippen LogP contribution < -0.4 is 0 Å². The molecule has 0 saturated carbocycles. The van der Waals surface area contributed by atoms with Gasteiger partial charge >= 0.3 is 11.8 Å². The first-order valence-electron chi connectivity index (χ1n) is 3.19. The zero-order valence-electron chi connectivity index (χ0n) is 6.47. The lowest BCUT2D eigenvalue weighted by molar-refractivity contribution is -0.475. The average Bonchev–Trinajstić information content (AvgIpc) is 2.05. The van der Waals surface area contributed by atoms with Crippen LogP contribution in [0.5, 0.6) is 0 Å². The topological polar surface area (TPSA) is 185 Å². The summed E-state index contributed by atoms with van der Waals surface area (Å²) in [4.78, 5) is 0. The van der Waals surface area contributed by atoms with Crippen LogP contribution in [-0.4, -0.2) is 74.5 Å². The van der Waals surface area contributed by atoms with Crippen molar-refractivity contribution >= 4 is 0 Å². The highest BCUT2D eigenvalue weighted by Gasteiger charge is 2.84. The second-order valence-electron chi connectivity index (χ2n) is 2.93. The molecule has 0 unspecified atom stereocenters. The predicted octanol–water partition coefficient (Wildman–Crippen LogP) is -5.67. The van der Waals surface area contributed by atoms with Gasteiger partial charge in [-0.2, -0.15) is 0 Å². The third-order valence-electron chi connectivity index (χ3n) is 2.01. The summed E-state index contributed by atoms with van der Waals surface area (Å²) in [5, 5.41) is 77.6. The highest BCUT2D eigenvalue weighted by atomic mass is 16.8. The Morgan fingerprint density at radius 1 is 0.571 bits per heavy atom. The fourth-order valence-electron chi connectivity index (χ4n) is 0.980. The number of hydrogen-bond donors (Lipinski definition) is 9. The normalized spacial score (nSPS) is 33.2. The molecule has 1 fully saturated rings. The third-order valence-corrected chi connectivity index (χ3v) is 2.01. The molecule has 0 amide bonds. The van der Waals surface area contributed by atoms with E-state index >= 15 is 0 Å². The minimum Gasteiger partial charge on any atom is -0.356 e. The van der Waals surface area contributed by atoms with E-state index in [1.54, 1.807) is 0 Å². The van der Waals surface area contributed by atoms with Crippen molar-refractivity contribution in [2.45, 2.75) is 23.4 Å². The molecule has 1 saturated heterocycles. The molecule has 0 aliphatic carbocycles. The summed E-state index contributed by atoms with van der Waals surface area (Å²) < 4.78 is 0. The second-order valence-corrected chi connectivity index (χ2v) is 2.93. The van der Waals surface area contributed by atoms with Crippen molar-refractivity contribution in [3.63, 3.8) is 0 Å². The Morgan fingerprint density at radius 3 is 0.857 bits per heavy atom. The summed E-state index contributed by atoms with van der Waals surface area (Å²) >= 11 is 0. The average molecular weight is 215 g/mol. The maximum Gasteiger partial charge on any atom is 0.314 e. The minimum atomic E-state index is -4.21. The summed E-state index contributed by atoms with van der Waals surface area (Å²) in [5.74, 6) is -16.6. The molecule has 0 radical (unpaired) electrons. The van der Waals surface area contributed by atoms with Gasteiger partial charge in [-0.1, -0.05) is 5.06 Å². The van der Waals surface area contributed by atoms with Crippen molar-refractivity contribution in [3.05, 3.63) is 0 Å². The summed E-state index contributed by atoms with van der Waals surface area (Å²) in [6.45, 7) is 0. The molecule has 10 nitrogen and oxygen atoms in total. The van der Waals surface area contributed by atoms with Crippen LogP contribution in [0.2, 0.25) is 0 Å². The fourth-order valence-corrected chi connectivity index (χ4v) is 0.980. The molecule has 0 bridgehead atoms. The van der Waals surface area contributed by atoms with Crippen LogP contribution in [0.25, 0.3) is 0 Å². The number of hydrogen-bond acceptors (Lipinski definition) is 10. The van der Waals surface area contributed by atoms with Gasteiger partial charge in [0.1, 0.15) is 0 Å². The van der Waals surface area contributed by atoms with E-state index in [0.29, 0.717) is 0 Å². The third kappa shape index (κ3) is 0.875. The van der Waals surface area contributed by atoms with E-state index in [0.717, 1.165) is 0 Å². The van der Waals surface area contributed by atoms with Crippen molar-refractivity contribution in [1.82, 2.24) is 5.06 Å². The van der Waals surface area contributed by atoms with Gasteiger partial charge in [0.2, 0.25) is 0 Å². The molecule has 84 valence electrons. The van der Waals surface area contributed by atoms with E-state index in [1.165, 1.54) is 0 Å². The number of hydroxylamine groups is 2. The SMILES string of the molecule is ON1C(O)(O)C(O)(O)C(O)(O)C1(O)O. The number of aliphatic hydroxyl groups is 8. The Morgan fingerprint density at radius 2 is 0.786 bits per heavy atom. The molecular weight excluding hydrogens is 206 g/mol. The lowest BCUT2D eigenvalue weighted by Gasteiger charge is -2.33. The summed E-state index contributed by atoms with van der Waals surface area (Å²) in [5.41, 5.74) is 0. The molecule has 9 N–H and O–H groups in total. The Bertz CT molecular complexity index is 232. The van der Waals surface area contributed by atoms with Gasteiger partial charge < -0.3 is 46.1 Å². The second kappa shape index (κ2) is 2.40. The lowest BCUT2D eigenvalue weighted by atomic mass is 10.1. The summed E-state index contributed by atoms with van der Waals surface area (Å²) in [6.07, 6.45) is 0.